The summed E-state index contributed by atoms with van der Waals surface area (Å²) in [4.78, 5) is 25.8. The quantitative estimate of drug-likeness (QED) is 0.318. The second-order valence-corrected chi connectivity index (χ2v) is 12.1. The number of nitrogens with one attached hydrogen (secondary N) is 2. The molecule has 1 aliphatic carbocycles. The molecule has 11 heteroatoms. The summed E-state index contributed by atoms with van der Waals surface area (Å²) in [5, 5.41) is 3.64. The first-order valence-corrected chi connectivity index (χ1v) is 15.9. The van der Waals surface area contributed by atoms with Crippen molar-refractivity contribution in [3.05, 3.63) is 42.1 Å². The van der Waals surface area contributed by atoms with Gasteiger partial charge in [-0.05, 0) is 77.1 Å². The van der Waals surface area contributed by atoms with Gasteiger partial charge in [0, 0.05) is 44.0 Å². The Bertz CT molecular complexity index is 1120. The summed E-state index contributed by atoms with van der Waals surface area (Å²) in [7, 11) is 0. The molecular weight excluding hydrogens is 543 g/mol. The zero-order chi connectivity index (χ0) is 29.2. The predicted molar refractivity (Wildman–Crippen MR) is 162 cm³/mol. The maximum absolute atomic E-state index is 14.2. The van der Waals surface area contributed by atoms with E-state index in [1.165, 1.54) is 50.2 Å². The molecule has 0 radical (unpaired) electrons. The van der Waals surface area contributed by atoms with E-state index in [9.17, 15) is 9.18 Å². The van der Waals surface area contributed by atoms with Crippen LogP contribution in [-0.4, -0.2) is 84.0 Å². The van der Waals surface area contributed by atoms with E-state index >= 15 is 0 Å². The lowest BCUT2D eigenvalue weighted by Gasteiger charge is -2.35. The topological polar surface area (TPSA) is 91.8 Å². The van der Waals surface area contributed by atoms with Crippen LogP contribution in [0.5, 0.6) is 11.5 Å². The van der Waals surface area contributed by atoms with Crippen LogP contribution in [0.1, 0.15) is 63.7 Å². The Kier molecular flexibility index (Phi) is 12.0. The number of ether oxygens (including phenoxy) is 2. The number of nitrogens with zero attached hydrogens (tertiary/aromatic N) is 4. The number of benzene rings is 1. The van der Waals surface area contributed by atoms with E-state index in [1.807, 2.05) is 32.7 Å². The maximum atomic E-state index is 14.2. The SMILES string of the molecule is CCSN[C@H]1CC[C@H](CNC[C@H]2CN(c3ncncc3Oc3ccc(F)cc3C(=O)N(CC)C(C)C)CCO2)CC1. The Morgan fingerprint density at radius 3 is 2.76 bits per heavy atom. The van der Waals surface area contributed by atoms with Crippen LogP contribution in [0.15, 0.2) is 30.7 Å². The third-order valence-electron chi connectivity index (χ3n) is 7.76. The lowest BCUT2D eigenvalue weighted by atomic mass is 9.86. The Hall–Kier alpha value is -2.47. The Morgan fingerprint density at radius 2 is 2.02 bits per heavy atom. The van der Waals surface area contributed by atoms with Gasteiger partial charge in [-0.3, -0.25) is 9.52 Å². The zero-order valence-electron chi connectivity index (χ0n) is 24.8. The van der Waals surface area contributed by atoms with Crippen LogP contribution in [0.2, 0.25) is 0 Å². The number of morpholine rings is 1. The molecule has 0 spiro atoms. The van der Waals surface area contributed by atoms with Crippen molar-refractivity contribution in [2.24, 2.45) is 5.92 Å². The number of rotatable bonds is 13. The van der Waals surface area contributed by atoms with Crippen LogP contribution in [0, 0.1) is 11.7 Å². The average molecular weight is 589 g/mol. The minimum atomic E-state index is -0.492. The van der Waals surface area contributed by atoms with Gasteiger partial charge in [-0.25, -0.2) is 14.4 Å². The standard InChI is InChI=1S/C30H45FN6O3S/c1-5-37(21(3)4)30(38)26-15-23(31)9-12-27(26)40-28-18-33-20-34-29(28)36-13-14-39-25(19-36)17-32-16-22-7-10-24(11-8-22)35-41-6-2/h9,12,15,18,20-22,24-25,32,35H,5-8,10-11,13-14,16-17,19H2,1-4H3/t22-,24-,25-/m0/s1. The smallest absolute Gasteiger partial charge is 0.257 e. The van der Waals surface area contributed by atoms with E-state index in [0.717, 1.165) is 18.8 Å². The molecule has 0 unspecified atom stereocenters. The van der Waals surface area contributed by atoms with E-state index in [0.29, 0.717) is 49.8 Å². The van der Waals surface area contributed by atoms with Crippen molar-refractivity contribution in [1.82, 2.24) is 24.9 Å². The highest BCUT2D eigenvalue weighted by molar-refractivity contribution is 7.97. The fraction of sp³-hybridized carbons (Fsp3) is 0.633. The van der Waals surface area contributed by atoms with Crippen molar-refractivity contribution in [1.29, 1.82) is 0 Å². The monoisotopic (exact) mass is 588 g/mol. The molecule has 1 aromatic heterocycles. The molecule has 4 rings (SSSR count). The summed E-state index contributed by atoms with van der Waals surface area (Å²) in [5.41, 5.74) is 0.174. The first kappa shape index (κ1) is 31.5. The molecular formula is C30H45FN6O3S. The zero-order valence-corrected chi connectivity index (χ0v) is 25.6. The summed E-state index contributed by atoms with van der Waals surface area (Å²) in [6.45, 7) is 12.1. The van der Waals surface area contributed by atoms with Crippen LogP contribution in [-0.2, 0) is 4.74 Å². The fourth-order valence-electron chi connectivity index (χ4n) is 5.56. The summed E-state index contributed by atoms with van der Waals surface area (Å²) >= 11 is 1.82. The van der Waals surface area contributed by atoms with Crippen molar-refractivity contribution in [3.63, 3.8) is 0 Å². The number of carbonyl (C=O) groups is 1. The van der Waals surface area contributed by atoms with E-state index in [1.54, 1.807) is 11.1 Å². The van der Waals surface area contributed by atoms with Crippen LogP contribution in [0.3, 0.4) is 0 Å². The molecule has 1 aromatic carbocycles. The highest BCUT2D eigenvalue weighted by atomic mass is 32.2. The molecule has 0 bridgehead atoms. The molecule has 226 valence electrons. The number of amides is 1. The summed E-state index contributed by atoms with van der Waals surface area (Å²) in [6.07, 6.45) is 8.05. The van der Waals surface area contributed by atoms with Crippen molar-refractivity contribution in [3.8, 4) is 11.5 Å². The average Bonchev–Trinajstić information content (AvgIpc) is 2.98. The minimum Gasteiger partial charge on any atom is -0.451 e. The molecule has 1 aliphatic heterocycles. The van der Waals surface area contributed by atoms with Gasteiger partial charge in [-0.15, -0.1) is 0 Å². The Balaban J connectivity index is 1.37. The molecule has 2 N–H and O–H groups in total. The van der Waals surface area contributed by atoms with E-state index in [4.69, 9.17) is 9.47 Å². The molecule has 2 fully saturated rings. The highest BCUT2D eigenvalue weighted by Crippen LogP contribution is 2.33. The predicted octanol–water partition coefficient (Wildman–Crippen LogP) is 4.89. The third kappa shape index (κ3) is 8.76. The molecule has 1 atom stereocenters. The molecule has 1 saturated carbocycles. The highest BCUT2D eigenvalue weighted by Gasteiger charge is 2.27. The molecule has 2 heterocycles. The van der Waals surface area contributed by atoms with Gasteiger partial charge in [0.2, 0.25) is 0 Å². The van der Waals surface area contributed by atoms with Crippen molar-refractivity contribution in [2.45, 2.75) is 71.6 Å². The second kappa shape index (κ2) is 15.7. The largest absolute Gasteiger partial charge is 0.451 e. The maximum Gasteiger partial charge on any atom is 0.257 e. The molecule has 9 nitrogen and oxygen atoms in total. The molecule has 41 heavy (non-hydrogen) atoms. The molecule has 1 amide bonds. The first-order valence-electron chi connectivity index (χ1n) is 14.9. The van der Waals surface area contributed by atoms with Gasteiger partial charge in [0.25, 0.3) is 5.91 Å². The molecule has 2 aliphatic rings. The lowest BCUT2D eigenvalue weighted by Crippen LogP contribution is -2.47. The summed E-state index contributed by atoms with van der Waals surface area (Å²) in [6, 6.07) is 4.63. The number of halogens is 1. The van der Waals surface area contributed by atoms with Crippen LogP contribution >= 0.6 is 11.9 Å². The fourth-order valence-corrected chi connectivity index (χ4v) is 6.20. The molecule has 2 aromatic rings. The first-order chi connectivity index (χ1) is 19.9. The van der Waals surface area contributed by atoms with Crippen LogP contribution < -0.4 is 19.7 Å². The third-order valence-corrected chi connectivity index (χ3v) is 8.55. The summed E-state index contributed by atoms with van der Waals surface area (Å²) in [5.74, 6) is 2.35. The van der Waals surface area contributed by atoms with Crippen molar-refractivity contribution < 1.29 is 18.7 Å². The van der Waals surface area contributed by atoms with Gasteiger partial charge in [0.05, 0.1) is 24.5 Å². The van der Waals surface area contributed by atoms with Crippen LogP contribution in [0.4, 0.5) is 10.2 Å². The van der Waals surface area contributed by atoms with E-state index in [2.05, 4.69) is 31.8 Å². The Labute approximate surface area is 248 Å². The number of hydrogen-bond acceptors (Lipinski definition) is 9. The lowest BCUT2D eigenvalue weighted by molar-refractivity contribution is 0.0397. The van der Waals surface area contributed by atoms with Crippen molar-refractivity contribution in [2.75, 3.05) is 50.0 Å². The van der Waals surface area contributed by atoms with Crippen LogP contribution in [0.25, 0.3) is 0 Å². The minimum absolute atomic E-state index is 0.0117. The number of hydrogen-bond donors (Lipinski definition) is 2. The number of carbonyl (C=O) groups excluding carboxylic acids is 1. The van der Waals surface area contributed by atoms with E-state index < -0.39 is 5.82 Å². The second-order valence-electron chi connectivity index (χ2n) is 11.0. The number of anilines is 1. The Morgan fingerprint density at radius 1 is 1.22 bits per heavy atom. The summed E-state index contributed by atoms with van der Waals surface area (Å²) < 4.78 is 30.1. The van der Waals surface area contributed by atoms with Crippen molar-refractivity contribution >= 4 is 23.7 Å². The van der Waals surface area contributed by atoms with Gasteiger partial charge in [0.15, 0.2) is 11.6 Å². The van der Waals surface area contributed by atoms with Gasteiger partial charge < -0.3 is 24.6 Å². The normalized spacial score (nSPS) is 21.2. The van der Waals surface area contributed by atoms with Gasteiger partial charge >= 0.3 is 0 Å². The van der Waals surface area contributed by atoms with Gasteiger partial charge in [-0.2, -0.15) is 0 Å². The number of aromatic nitrogens is 2. The van der Waals surface area contributed by atoms with Gasteiger partial charge in [-0.1, -0.05) is 18.9 Å². The van der Waals surface area contributed by atoms with E-state index in [-0.39, 0.29) is 29.4 Å². The molecule has 1 saturated heterocycles. The van der Waals surface area contributed by atoms with Gasteiger partial charge in [0.1, 0.15) is 17.9 Å².